The Morgan fingerprint density at radius 1 is 1.33 bits per heavy atom. The van der Waals surface area contributed by atoms with Crippen LogP contribution in [0.5, 0.6) is 0 Å². The molecule has 0 bridgehead atoms. The summed E-state index contributed by atoms with van der Waals surface area (Å²) in [5.41, 5.74) is 3.49. The molecule has 1 saturated heterocycles. The second-order valence-corrected chi connectivity index (χ2v) is 5.40. The van der Waals surface area contributed by atoms with E-state index in [4.69, 9.17) is 0 Å². The first-order valence-electron chi connectivity index (χ1n) is 7.58. The maximum absolute atomic E-state index is 14.2. The van der Waals surface area contributed by atoms with Gasteiger partial charge in [-0.25, -0.2) is 9.37 Å². The van der Waals surface area contributed by atoms with Crippen LogP contribution in [0.1, 0.15) is 18.4 Å². The third kappa shape index (κ3) is 3.48. The fraction of sp³-hybridized carbons (Fsp3) is 0.250. The molecule has 1 aliphatic heterocycles. The van der Waals surface area contributed by atoms with Gasteiger partial charge in [0.25, 0.3) is 0 Å². The van der Waals surface area contributed by atoms with E-state index in [1.54, 1.807) is 12.1 Å². The van der Waals surface area contributed by atoms with Crippen molar-refractivity contribution in [1.82, 2.24) is 4.98 Å². The lowest BCUT2D eigenvalue weighted by Gasteiger charge is -2.18. The maximum Gasteiger partial charge on any atom is 0.313 e. The Labute approximate surface area is 138 Å². The van der Waals surface area contributed by atoms with Gasteiger partial charge in [-0.15, -0.1) is 0 Å². The zero-order valence-electron chi connectivity index (χ0n) is 12.9. The summed E-state index contributed by atoms with van der Waals surface area (Å²) < 4.78 is 14.2. The smallest absolute Gasteiger partial charge is 0.313 e. The average molecular weight is 329 g/mol. The minimum atomic E-state index is -0.546. The number of rotatable bonds is 5. The molecule has 1 aromatic carbocycles. The minimum absolute atomic E-state index is 0.0351. The number of nitrogens with zero attached hydrogens (tertiary/aromatic N) is 4. The molecular formula is C16H16FN5O2. The molecule has 0 amide bonds. The van der Waals surface area contributed by atoms with Crippen molar-refractivity contribution < 1.29 is 9.31 Å². The van der Waals surface area contributed by atoms with Crippen LogP contribution in [-0.4, -0.2) is 29.2 Å². The zero-order chi connectivity index (χ0) is 16.9. The van der Waals surface area contributed by atoms with E-state index < -0.39 is 4.92 Å². The Bertz CT molecular complexity index is 775. The second-order valence-electron chi connectivity index (χ2n) is 5.40. The third-order valence-corrected chi connectivity index (χ3v) is 3.79. The highest BCUT2D eigenvalue weighted by molar-refractivity contribution is 5.81. The molecule has 0 spiro atoms. The first kappa shape index (κ1) is 15.9. The van der Waals surface area contributed by atoms with Gasteiger partial charge < -0.3 is 4.90 Å². The van der Waals surface area contributed by atoms with E-state index in [2.05, 4.69) is 15.5 Å². The van der Waals surface area contributed by atoms with Crippen LogP contribution in [0.3, 0.4) is 0 Å². The Morgan fingerprint density at radius 2 is 2.12 bits per heavy atom. The molecule has 7 nitrogen and oxygen atoms in total. The van der Waals surface area contributed by atoms with Crippen molar-refractivity contribution in [3.8, 4) is 0 Å². The van der Waals surface area contributed by atoms with Crippen molar-refractivity contribution in [2.45, 2.75) is 12.8 Å². The number of pyridine rings is 1. The summed E-state index contributed by atoms with van der Waals surface area (Å²) in [5.74, 6) is -0.266. The summed E-state index contributed by atoms with van der Waals surface area (Å²) in [6.07, 6.45) is 4.98. The summed E-state index contributed by atoms with van der Waals surface area (Å²) in [6, 6.07) is 7.68. The molecule has 3 rings (SSSR count). The topological polar surface area (TPSA) is 83.7 Å². The highest BCUT2D eigenvalue weighted by atomic mass is 19.1. The van der Waals surface area contributed by atoms with Crippen molar-refractivity contribution >= 4 is 23.4 Å². The van der Waals surface area contributed by atoms with Crippen molar-refractivity contribution in [1.29, 1.82) is 0 Å². The molecule has 0 radical (unpaired) electrons. The number of nitro groups is 1. The monoisotopic (exact) mass is 329 g/mol. The number of hydrazone groups is 1. The molecule has 2 aromatic rings. The van der Waals surface area contributed by atoms with E-state index in [-0.39, 0.29) is 17.3 Å². The first-order chi connectivity index (χ1) is 11.6. The predicted octanol–water partition coefficient (Wildman–Crippen LogP) is 3.18. The molecule has 1 fully saturated rings. The summed E-state index contributed by atoms with van der Waals surface area (Å²) >= 11 is 0. The number of aromatic nitrogens is 1. The van der Waals surface area contributed by atoms with E-state index in [1.165, 1.54) is 30.6 Å². The van der Waals surface area contributed by atoms with Gasteiger partial charge in [-0.05, 0) is 36.6 Å². The van der Waals surface area contributed by atoms with Gasteiger partial charge in [0, 0.05) is 25.4 Å². The van der Waals surface area contributed by atoms with Gasteiger partial charge in [0.1, 0.15) is 5.82 Å². The quantitative estimate of drug-likeness (QED) is 0.517. The van der Waals surface area contributed by atoms with Crippen molar-refractivity contribution in [3.63, 3.8) is 0 Å². The van der Waals surface area contributed by atoms with Crippen LogP contribution in [0.15, 0.2) is 41.6 Å². The normalized spacial score (nSPS) is 14.3. The van der Waals surface area contributed by atoms with Crippen molar-refractivity contribution in [3.05, 3.63) is 58.0 Å². The molecule has 1 aromatic heterocycles. The van der Waals surface area contributed by atoms with Crippen LogP contribution in [0, 0.1) is 15.9 Å². The van der Waals surface area contributed by atoms with Crippen LogP contribution < -0.4 is 10.3 Å². The lowest BCUT2D eigenvalue weighted by molar-refractivity contribution is -0.384. The number of benzene rings is 1. The highest BCUT2D eigenvalue weighted by Crippen LogP contribution is 2.24. The SMILES string of the molecule is O=[N+]([O-])c1cccnc1N/N=C\c1ccc(N2CCCC2)c(F)c1. The van der Waals surface area contributed by atoms with Crippen LogP contribution in [-0.2, 0) is 0 Å². The third-order valence-electron chi connectivity index (χ3n) is 3.79. The summed E-state index contributed by atoms with van der Waals surface area (Å²) in [4.78, 5) is 16.2. The standard InChI is InChI=1S/C16H16FN5O2/c17-13-10-12(5-6-14(13)21-8-1-2-9-21)11-19-20-16-15(22(23)24)4-3-7-18-16/h3-7,10-11H,1-2,8-9H2,(H,18,20)/b19-11-. The molecule has 1 aliphatic rings. The maximum atomic E-state index is 14.2. The molecular weight excluding hydrogens is 313 g/mol. The number of hydrogen-bond acceptors (Lipinski definition) is 6. The molecule has 2 heterocycles. The Kier molecular flexibility index (Phi) is 4.64. The Balaban J connectivity index is 1.71. The molecule has 8 heteroatoms. The Hall–Kier alpha value is -3.03. The van der Waals surface area contributed by atoms with Gasteiger partial charge in [0.05, 0.1) is 16.8 Å². The van der Waals surface area contributed by atoms with E-state index >= 15 is 0 Å². The van der Waals surface area contributed by atoms with Gasteiger partial charge in [0.15, 0.2) is 0 Å². The van der Waals surface area contributed by atoms with Gasteiger partial charge in [0.2, 0.25) is 5.82 Å². The summed E-state index contributed by atoms with van der Waals surface area (Å²) in [6.45, 7) is 1.74. The van der Waals surface area contributed by atoms with Crippen LogP contribution in [0.25, 0.3) is 0 Å². The molecule has 0 aliphatic carbocycles. The fourth-order valence-electron chi connectivity index (χ4n) is 2.62. The lowest BCUT2D eigenvalue weighted by Crippen LogP contribution is -2.18. The molecule has 0 unspecified atom stereocenters. The molecule has 1 N–H and O–H groups in total. The lowest BCUT2D eigenvalue weighted by atomic mass is 10.2. The second kappa shape index (κ2) is 7.03. The van der Waals surface area contributed by atoms with E-state index in [9.17, 15) is 14.5 Å². The van der Waals surface area contributed by atoms with Gasteiger partial charge in [-0.2, -0.15) is 5.10 Å². The molecule has 0 saturated carbocycles. The molecule has 0 atom stereocenters. The molecule has 124 valence electrons. The minimum Gasteiger partial charge on any atom is -0.369 e. The van der Waals surface area contributed by atoms with Gasteiger partial charge in [-0.1, -0.05) is 6.07 Å². The average Bonchev–Trinajstić information content (AvgIpc) is 3.09. The number of hydrogen-bond donors (Lipinski definition) is 1. The fourth-order valence-corrected chi connectivity index (χ4v) is 2.62. The number of halogens is 1. The van der Waals surface area contributed by atoms with E-state index in [0.29, 0.717) is 11.3 Å². The predicted molar refractivity (Wildman–Crippen MR) is 90.0 cm³/mol. The number of anilines is 2. The van der Waals surface area contributed by atoms with Gasteiger partial charge >= 0.3 is 5.69 Å². The van der Waals surface area contributed by atoms with Crippen molar-refractivity contribution in [2.24, 2.45) is 5.10 Å². The van der Waals surface area contributed by atoms with Crippen LogP contribution in [0.4, 0.5) is 21.6 Å². The van der Waals surface area contributed by atoms with Gasteiger partial charge in [-0.3, -0.25) is 15.5 Å². The number of nitrogens with one attached hydrogen (secondary N) is 1. The Morgan fingerprint density at radius 3 is 2.83 bits per heavy atom. The molecule has 24 heavy (non-hydrogen) atoms. The largest absolute Gasteiger partial charge is 0.369 e. The zero-order valence-corrected chi connectivity index (χ0v) is 12.9. The van der Waals surface area contributed by atoms with Crippen LogP contribution >= 0.6 is 0 Å². The summed E-state index contributed by atoms with van der Waals surface area (Å²) in [7, 11) is 0. The first-order valence-corrected chi connectivity index (χ1v) is 7.58. The van der Waals surface area contributed by atoms with E-state index in [1.807, 2.05) is 4.90 Å². The summed E-state index contributed by atoms with van der Waals surface area (Å²) in [5, 5.41) is 14.8. The highest BCUT2D eigenvalue weighted by Gasteiger charge is 2.16. The van der Waals surface area contributed by atoms with Crippen LogP contribution in [0.2, 0.25) is 0 Å². The van der Waals surface area contributed by atoms with Crippen molar-refractivity contribution in [2.75, 3.05) is 23.4 Å². The van der Waals surface area contributed by atoms with E-state index in [0.717, 1.165) is 25.9 Å².